The molecular formula is C21H21FN2O5S2. The number of hydrogen-bond acceptors (Lipinski definition) is 6. The molecule has 1 aliphatic heterocycles. The minimum atomic E-state index is -3.91. The molecule has 0 N–H and O–H groups in total. The van der Waals surface area contributed by atoms with Crippen molar-refractivity contribution in [2.75, 3.05) is 18.8 Å². The lowest BCUT2D eigenvalue weighted by molar-refractivity contribution is 0.427. The van der Waals surface area contributed by atoms with Gasteiger partial charge < -0.3 is 4.42 Å². The van der Waals surface area contributed by atoms with Crippen molar-refractivity contribution in [2.45, 2.75) is 23.5 Å². The fourth-order valence-corrected chi connectivity index (χ4v) is 7.07. The van der Waals surface area contributed by atoms with Crippen LogP contribution in [0, 0.1) is 12.7 Å². The van der Waals surface area contributed by atoms with Crippen LogP contribution >= 0.6 is 0 Å². The quantitative estimate of drug-likeness (QED) is 0.587. The zero-order valence-electron chi connectivity index (χ0n) is 16.7. The Hall–Kier alpha value is -2.56. The number of oxazole rings is 1. The molecule has 1 fully saturated rings. The van der Waals surface area contributed by atoms with Crippen LogP contribution in [0.1, 0.15) is 23.1 Å². The van der Waals surface area contributed by atoms with Crippen LogP contribution in [0.4, 0.5) is 4.39 Å². The maximum Gasteiger partial charge on any atom is 0.243 e. The molecule has 31 heavy (non-hydrogen) atoms. The molecule has 0 amide bonds. The van der Waals surface area contributed by atoms with Crippen LogP contribution in [-0.4, -0.2) is 45.0 Å². The van der Waals surface area contributed by atoms with E-state index in [0.29, 0.717) is 17.1 Å². The summed E-state index contributed by atoms with van der Waals surface area (Å²) in [5.74, 6) is -0.477. The molecule has 3 aromatic rings. The smallest absolute Gasteiger partial charge is 0.243 e. The SMILES string of the molecule is Cc1nc(-c2ccc(S(=O)(=O)N3CCC(c4ccccc4F)S(=O)(=O)CC3)cc2)co1. The maximum atomic E-state index is 14.2. The van der Waals surface area contributed by atoms with Crippen molar-refractivity contribution >= 4 is 19.9 Å². The van der Waals surface area contributed by atoms with Gasteiger partial charge in [0.25, 0.3) is 0 Å². The van der Waals surface area contributed by atoms with Crippen molar-refractivity contribution in [2.24, 2.45) is 0 Å². The van der Waals surface area contributed by atoms with Crippen LogP contribution in [0.5, 0.6) is 0 Å². The second kappa shape index (κ2) is 8.18. The second-order valence-electron chi connectivity index (χ2n) is 7.35. The highest BCUT2D eigenvalue weighted by molar-refractivity contribution is 7.92. The molecule has 2 heterocycles. The standard InChI is InChI=1S/C21H21FN2O5S2/c1-15-23-20(14-29-15)16-6-8-17(9-7-16)31(27,28)24-11-10-21(30(25,26)13-12-24)18-4-2-3-5-19(18)22/h2-9,14,21H,10-13H2,1H3. The van der Waals surface area contributed by atoms with Crippen molar-refractivity contribution in [1.82, 2.24) is 9.29 Å². The Morgan fingerprint density at radius 1 is 1.10 bits per heavy atom. The lowest BCUT2D eigenvalue weighted by Gasteiger charge is -2.20. The Balaban J connectivity index is 1.59. The first-order valence-electron chi connectivity index (χ1n) is 9.67. The summed E-state index contributed by atoms with van der Waals surface area (Å²) in [6.45, 7) is 1.51. The van der Waals surface area contributed by atoms with E-state index in [1.54, 1.807) is 25.1 Å². The van der Waals surface area contributed by atoms with Gasteiger partial charge in [-0.1, -0.05) is 30.3 Å². The van der Waals surface area contributed by atoms with E-state index >= 15 is 0 Å². The molecule has 0 aliphatic carbocycles. The van der Waals surface area contributed by atoms with Crippen LogP contribution in [0.2, 0.25) is 0 Å². The van der Waals surface area contributed by atoms with Gasteiger partial charge in [-0.25, -0.2) is 26.2 Å². The number of hydrogen-bond donors (Lipinski definition) is 0. The van der Waals surface area contributed by atoms with Gasteiger partial charge in [-0.3, -0.25) is 0 Å². The normalized spacial score (nSPS) is 19.7. The molecule has 10 heteroatoms. The summed E-state index contributed by atoms with van der Waals surface area (Å²) in [7, 11) is -7.63. The number of sulfonamides is 1. The van der Waals surface area contributed by atoms with E-state index in [9.17, 15) is 21.2 Å². The van der Waals surface area contributed by atoms with E-state index in [4.69, 9.17) is 4.42 Å². The van der Waals surface area contributed by atoms with E-state index < -0.39 is 30.9 Å². The van der Waals surface area contributed by atoms with E-state index in [0.717, 1.165) is 4.31 Å². The third-order valence-electron chi connectivity index (χ3n) is 5.36. The van der Waals surface area contributed by atoms with Gasteiger partial charge in [0.2, 0.25) is 10.0 Å². The summed E-state index contributed by atoms with van der Waals surface area (Å²) in [5, 5.41) is -1.08. The Morgan fingerprint density at radius 2 is 1.81 bits per heavy atom. The number of nitrogens with zero attached hydrogens (tertiary/aromatic N) is 2. The summed E-state index contributed by atoms with van der Waals surface area (Å²) in [6, 6.07) is 11.9. The Bertz CT molecular complexity index is 1300. The minimum Gasteiger partial charge on any atom is -0.449 e. The summed E-state index contributed by atoms with van der Waals surface area (Å²) in [4.78, 5) is 4.27. The Morgan fingerprint density at radius 3 is 2.45 bits per heavy atom. The lowest BCUT2D eigenvalue weighted by atomic mass is 10.1. The first-order chi connectivity index (χ1) is 14.7. The van der Waals surface area contributed by atoms with Crippen molar-refractivity contribution in [3.05, 3.63) is 72.1 Å². The predicted octanol–water partition coefficient (Wildman–Crippen LogP) is 3.34. The molecule has 1 unspecified atom stereocenters. The average molecular weight is 465 g/mol. The van der Waals surface area contributed by atoms with E-state index in [-0.39, 0.29) is 35.7 Å². The fourth-order valence-electron chi connectivity index (χ4n) is 3.69. The molecule has 4 rings (SSSR count). The van der Waals surface area contributed by atoms with Crippen LogP contribution < -0.4 is 0 Å². The number of aryl methyl sites for hydroxylation is 1. The average Bonchev–Trinajstić information content (AvgIpc) is 3.10. The minimum absolute atomic E-state index is 0.0151. The van der Waals surface area contributed by atoms with Gasteiger partial charge in [-0.15, -0.1) is 0 Å². The molecule has 0 saturated carbocycles. The topological polar surface area (TPSA) is 97.5 Å². The van der Waals surface area contributed by atoms with Crippen molar-refractivity contribution < 1.29 is 25.6 Å². The first-order valence-corrected chi connectivity index (χ1v) is 12.8. The third kappa shape index (κ3) is 4.28. The first kappa shape index (κ1) is 21.7. The van der Waals surface area contributed by atoms with Gasteiger partial charge in [-0.2, -0.15) is 4.31 Å². The number of benzene rings is 2. The fraction of sp³-hybridized carbons (Fsp3) is 0.286. The molecule has 1 aromatic heterocycles. The zero-order valence-corrected chi connectivity index (χ0v) is 18.4. The monoisotopic (exact) mass is 464 g/mol. The van der Waals surface area contributed by atoms with Crippen LogP contribution in [0.15, 0.2) is 64.1 Å². The summed E-state index contributed by atoms with van der Waals surface area (Å²) in [6.07, 6.45) is 1.47. The molecule has 1 atom stereocenters. The van der Waals surface area contributed by atoms with Gasteiger partial charge in [-0.05, 0) is 24.6 Å². The summed E-state index contributed by atoms with van der Waals surface area (Å²) in [5.41, 5.74) is 1.37. The maximum absolute atomic E-state index is 14.2. The van der Waals surface area contributed by atoms with Crippen molar-refractivity contribution in [3.8, 4) is 11.3 Å². The van der Waals surface area contributed by atoms with Gasteiger partial charge in [0, 0.05) is 31.1 Å². The van der Waals surface area contributed by atoms with E-state index in [2.05, 4.69) is 4.98 Å². The van der Waals surface area contributed by atoms with Crippen LogP contribution in [0.3, 0.4) is 0 Å². The van der Waals surface area contributed by atoms with E-state index in [1.165, 1.54) is 36.6 Å². The highest BCUT2D eigenvalue weighted by atomic mass is 32.2. The highest BCUT2D eigenvalue weighted by Gasteiger charge is 2.36. The van der Waals surface area contributed by atoms with Crippen molar-refractivity contribution in [1.29, 1.82) is 0 Å². The Labute approximate surface area is 180 Å². The van der Waals surface area contributed by atoms with E-state index in [1.807, 2.05) is 0 Å². The molecule has 2 aromatic carbocycles. The molecule has 7 nitrogen and oxygen atoms in total. The molecule has 1 aliphatic rings. The van der Waals surface area contributed by atoms with Gasteiger partial charge in [0.1, 0.15) is 17.8 Å². The molecule has 0 bridgehead atoms. The number of sulfone groups is 1. The largest absolute Gasteiger partial charge is 0.449 e. The summed E-state index contributed by atoms with van der Waals surface area (Å²) < 4.78 is 72.3. The van der Waals surface area contributed by atoms with Crippen LogP contribution in [-0.2, 0) is 19.9 Å². The molecule has 164 valence electrons. The number of rotatable bonds is 4. The zero-order chi connectivity index (χ0) is 22.2. The third-order valence-corrected chi connectivity index (χ3v) is 9.38. The second-order valence-corrected chi connectivity index (χ2v) is 11.6. The van der Waals surface area contributed by atoms with Gasteiger partial charge in [0.05, 0.1) is 15.9 Å². The molecule has 0 spiro atoms. The van der Waals surface area contributed by atoms with Crippen LogP contribution in [0.25, 0.3) is 11.3 Å². The Kier molecular flexibility index (Phi) is 5.71. The van der Waals surface area contributed by atoms with Crippen molar-refractivity contribution in [3.63, 3.8) is 0 Å². The molecular weight excluding hydrogens is 443 g/mol. The lowest BCUT2D eigenvalue weighted by Crippen LogP contribution is -2.33. The number of aromatic nitrogens is 1. The highest BCUT2D eigenvalue weighted by Crippen LogP contribution is 2.33. The molecule has 0 radical (unpaired) electrons. The number of halogens is 1. The van der Waals surface area contributed by atoms with Gasteiger partial charge >= 0.3 is 0 Å². The molecule has 1 saturated heterocycles. The van der Waals surface area contributed by atoms with Gasteiger partial charge in [0.15, 0.2) is 15.7 Å². The summed E-state index contributed by atoms with van der Waals surface area (Å²) >= 11 is 0. The predicted molar refractivity (Wildman–Crippen MR) is 113 cm³/mol.